The van der Waals surface area contributed by atoms with Crippen LogP contribution in [0.5, 0.6) is 11.5 Å². The molecule has 0 amide bonds. The highest BCUT2D eigenvalue weighted by atomic mass is 35.5. The highest BCUT2D eigenvalue weighted by Gasteiger charge is 2.23. The Labute approximate surface area is 208 Å². The number of halogens is 1. The van der Waals surface area contributed by atoms with E-state index in [9.17, 15) is 0 Å². The first-order valence-electron chi connectivity index (χ1n) is 10.9. The van der Waals surface area contributed by atoms with Gasteiger partial charge in [-0.1, -0.05) is 31.5 Å². The van der Waals surface area contributed by atoms with E-state index in [1.807, 2.05) is 34.9 Å². The number of nitrogens with zero attached hydrogens (tertiary/aromatic N) is 4. The number of aliphatic hydroxyl groups excluding tert-OH is 1. The summed E-state index contributed by atoms with van der Waals surface area (Å²) < 4.78 is 21.9. The lowest BCUT2D eigenvalue weighted by Crippen LogP contribution is -2.14. The molecule has 11 heteroatoms. The number of benzene rings is 1. The average molecular weight is 508 g/mol. The van der Waals surface area contributed by atoms with E-state index in [4.69, 9.17) is 30.9 Å². The van der Waals surface area contributed by atoms with Crippen molar-refractivity contribution in [2.24, 2.45) is 0 Å². The predicted molar refractivity (Wildman–Crippen MR) is 134 cm³/mol. The lowest BCUT2D eigenvalue weighted by Gasteiger charge is -2.21. The molecule has 0 aliphatic carbocycles. The number of pyridine rings is 1. The molecule has 0 aliphatic rings. The Morgan fingerprint density at radius 2 is 1.82 bits per heavy atom. The van der Waals surface area contributed by atoms with Crippen molar-refractivity contribution in [2.45, 2.75) is 31.4 Å². The van der Waals surface area contributed by atoms with Gasteiger partial charge in [-0.15, -0.1) is 10.2 Å². The molecule has 2 N–H and O–H groups in total. The van der Waals surface area contributed by atoms with Crippen molar-refractivity contribution in [3.8, 4) is 17.2 Å². The Hall–Kier alpha value is -2.53. The summed E-state index contributed by atoms with van der Waals surface area (Å²) >= 11 is 7.50. The summed E-state index contributed by atoms with van der Waals surface area (Å²) in [4.78, 5) is 4.45. The Morgan fingerprint density at radius 1 is 1.09 bits per heavy atom. The van der Waals surface area contributed by atoms with Gasteiger partial charge in [0, 0.05) is 29.5 Å². The molecule has 184 valence electrons. The smallest absolute Gasteiger partial charge is 0.239 e. The molecule has 2 heterocycles. The van der Waals surface area contributed by atoms with Crippen molar-refractivity contribution in [3.05, 3.63) is 53.1 Å². The second-order valence-electron chi connectivity index (χ2n) is 7.49. The lowest BCUT2D eigenvalue weighted by molar-refractivity contribution is 0.0934. The van der Waals surface area contributed by atoms with Gasteiger partial charge in [0.25, 0.3) is 0 Å². The fraction of sp³-hybridized carbons (Fsp3) is 0.435. The van der Waals surface area contributed by atoms with Gasteiger partial charge in [-0.3, -0.25) is 14.3 Å². The number of rotatable bonds is 13. The number of nitrogens with one attached hydrogen (secondary N) is 1. The van der Waals surface area contributed by atoms with Crippen LogP contribution >= 0.6 is 23.5 Å². The zero-order chi connectivity index (χ0) is 24.5. The summed E-state index contributed by atoms with van der Waals surface area (Å²) in [5.74, 6) is 2.61. The van der Waals surface area contributed by atoms with Crippen LogP contribution in [0.1, 0.15) is 31.3 Å². The predicted octanol–water partition coefficient (Wildman–Crippen LogP) is 4.14. The molecular weight excluding hydrogens is 478 g/mol. The van der Waals surface area contributed by atoms with E-state index in [0.717, 1.165) is 5.69 Å². The number of ether oxygens (including phenoxy) is 3. The molecular formula is C23H30ClN5O4S. The quantitative estimate of drug-likeness (QED) is 0.261. The van der Waals surface area contributed by atoms with E-state index in [0.29, 0.717) is 47.0 Å². The summed E-state index contributed by atoms with van der Waals surface area (Å²) in [6.45, 7) is 4.86. The van der Waals surface area contributed by atoms with Gasteiger partial charge in [-0.2, -0.15) is 0 Å². The van der Waals surface area contributed by atoms with Crippen molar-refractivity contribution >= 4 is 29.5 Å². The maximum Gasteiger partial charge on any atom is 0.239 e. The summed E-state index contributed by atoms with van der Waals surface area (Å²) in [7, 11) is 3.22. The minimum atomic E-state index is -0.0327. The Kier molecular flexibility index (Phi) is 9.82. The Bertz CT molecular complexity index is 1030. The van der Waals surface area contributed by atoms with Gasteiger partial charge in [-0.05, 0) is 36.2 Å². The maximum absolute atomic E-state index is 8.98. The van der Waals surface area contributed by atoms with Crippen LogP contribution in [0.3, 0.4) is 0 Å². The number of methoxy groups -OCH3 is 2. The van der Waals surface area contributed by atoms with Crippen LogP contribution in [0.4, 0.5) is 5.95 Å². The molecule has 34 heavy (non-hydrogen) atoms. The molecule has 3 aromatic rings. The van der Waals surface area contributed by atoms with Gasteiger partial charge >= 0.3 is 0 Å². The number of hydrogen-bond donors (Lipinski definition) is 2. The van der Waals surface area contributed by atoms with Gasteiger partial charge in [0.1, 0.15) is 23.0 Å². The van der Waals surface area contributed by atoms with Crippen molar-refractivity contribution in [2.75, 3.05) is 38.8 Å². The third kappa shape index (κ3) is 6.32. The summed E-state index contributed by atoms with van der Waals surface area (Å²) in [6.07, 6.45) is 2.15. The fourth-order valence-electron chi connectivity index (χ4n) is 3.31. The molecule has 0 saturated heterocycles. The molecule has 0 spiro atoms. The van der Waals surface area contributed by atoms with Gasteiger partial charge in [0.05, 0.1) is 39.1 Å². The number of aliphatic hydroxyl groups is 1. The normalized spacial score (nSPS) is 12.9. The fourth-order valence-corrected chi connectivity index (χ4v) is 4.19. The molecule has 3 rings (SSSR count). The second-order valence-corrected chi connectivity index (χ2v) is 9.11. The molecule has 2 atom stereocenters. The van der Waals surface area contributed by atoms with Gasteiger partial charge in [0.15, 0.2) is 0 Å². The number of hydrogen-bond acceptors (Lipinski definition) is 9. The average Bonchev–Trinajstić information content (AvgIpc) is 3.26. The topological polar surface area (TPSA) is 104 Å². The van der Waals surface area contributed by atoms with Crippen LogP contribution in [-0.4, -0.2) is 64.1 Å². The second kappa shape index (κ2) is 12.8. The molecule has 0 bridgehead atoms. The molecule has 1 aromatic carbocycles. The highest BCUT2D eigenvalue weighted by Crippen LogP contribution is 2.36. The highest BCUT2D eigenvalue weighted by molar-refractivity contribution is 8.01. The van der Waals surface area contributed by atoms with Crippen LogP contribution in [-0.2, 0) is 11.2 Å². The maximum atomic E-state index is 8.98. The van der Waals surface area contributed by atoms with Crippen molar-refractivity contribution in [1.29, 1.82) is 0 Å². The number of anilines is 1. The molecule has 0 aliphatic heterocycles. The molecule has 0 fully saturated rings. The summed E-state index contributed by atoms with van der Waals surface area (Å²) in [5.41, 5.74) is 1.65. The van der Waals surface area contributed by atoms with E-state index in [1.165, 1.54) is 11.9 Å². The van der Waals surface area contributed by atoms with Gasteiger partial charge < -0.3 is 19.3 Å². The molecule has 0 radical (unpaired) electrons. The lowest BCUT2D eigenvalue weighted by atomic mass is 10.0. The summed E-state index contributed by atoms with van der Waals surface area (Å²) in [5, 5.41) is 18.5. The Balaban J connectivity index is 1.87. The zero-order valence-electron chi connectivity index (χ0n) is 19.7. The first-order valence-corrected chi connectivity index (χ1v) is 12.1. The van der Waals surface area contributed by atoms with E-state index in [1.54, 1.807) is 20.4 Å². The van der Waals surface area contributed by atoms with Crippen LogP contribution in [0.15, 0.2) is 36.5 Å². The van der Waals surface area contributed by atoms with Gasteiger partial charge in [-0.25, -0.2) is 0 Å². The van der Waals surface area contributed by atoms with Crippen LogP contribution in [0.25, 0.3) is 5.69 Å². The Morgan fingerprint density at radius 3 is 2.44 bits per heavy atom. The zero-order valence-corrected chi connectivity index (χ0v) is 21.3. The third-order valence-corrected chi connectivity index (χ3v) is 6.62. The van der Waals surface area contributed by atoms with Crippen LogP contribution < -0.4 is 14.2 Å². The molecule has 0 saturated carbocycles. The van der Waals surface area contributed by atoms with Crippen molar-refractivity contribution in [1.82, 2.24) is 19.7 Å². The van der Waals surface area contributed by atoms with E-state index < -0.39 is 0 Å². The van der Waals surface area contributed by atoms with Crippen molar-refractivity contribution in [3.63, 3.8) is 0 Å². The van der Waals surface area contributed by atoms with Crippen molar-refractivity contribution < 1.29 is 19.3 Å². The minimum absolute atomic E-state index is 0.0327. The number of para-hydroxylation sites is 1. The standard InChI is InChI=1S/C23H30ClN5O4S/c1-15(18-9-8-17(24)14-25-18)16(2)34-28-23-27-26-21(10-12-33-13-11-30)29(23)22-19(31-3)6-5-7-20(22)32-4/h5-9,14-16,30H,10-13H2,1-4H3,(H,27,28). The first-order chi connectivity index (χ1) is 16.5. The summed E-state index contributed by atoms with van der Waals surface area (Å²) in [6, 6.07) is 9.37. The van der Waals surface area contributed by atoms with E-state index in [2.05, 4.69) is 33.8 Å². The monoisotopic (exact) mass is 507 g/mol. The van der Waals surface area contributed by atoms with Crippen LogP contribution in [0.2, 0.25) is 5.02 Å². The largest absolute Gasteiger partial charge is 0.494 e. The van der Waals surface area contributed by atoms with Gasteiger partial charge in [0.2, 0.25) is 5.95 Å². The van der Waals surface area contributed by atoms with Crippen LogP contribution in [0, 0.1) is 0 Å². The first kappa shape index (κ1) is 26.1. The molecule has 2 unspecified atom stereocenters. The van der Waals surface area contributed by atoms with E-state index in [-0.39, 0.29) is 24.4 Å². The SMILES string of the molecule is COc1cccc(OC)c1-n1c(CCOCCO)nnc1NSC(C)C(C)c1ccc(Cl)cn1. The molecule has 2 aromatic heterocycles. The third-order valence-electron chi connectivity index (χ3n) is 5.32. The number of aromatic nitrogens is 4. The van der Waals surface area contributed by atoms with E-state index >= 15 is 0 Å². The molecule has 9 nitrogen and oxygen atoms in total. The minimum Gasteiger partial charge on any atom is -0.494 e.